The van der Waals surface area contributed by atoms with Gasteiger partial charge in [-0.05, 0) is 28.7 Å². The number of nitrogens with zero attached hydrogens (tertiary/aromatic N) is 3. The highest BCUT2D eigenvalue weighted by atomic mass is 127. The molecule has 6 heteroatoms. The van der Waals surface area contributed by atoms with Crippen LogP contribution in [-0.2, 0) is 0 Å². The summed E-state index contributed by atoms with van der Waals surface area (Å²) in [6, 6.07) is 1.72. The van der Waals surface area contributed by atoms with E-state index in [4.69, 9.17) is 0 Å². The predicted octanol–water partition coefficient (Wildman–Crippen LogP) is 2.42. The van der Waals surface area contributed by atoms with E-state index in [0.29, 0.717) is 10.7 Å². The summed E-state index contributed by atoms with van der Waals surface area (Å²) in [5.41, 5.74) is 0.647. The van der Waals surface area contributed by atoms with Crippen LogP contribution in [0, 0.1) is 3.57 Å². The fourth-order valence-corrected chi connectivity index (χ4v) is 2.38. The number of aromatic nitrogens is 2. The number of anilines is 1. The van der Waals surface area contributed by atoms with Gasteiger partial charge in [0.1, 0.15) is 0 Å². The van der Waals surface area contributed by atoms with E-state index in [1.165, 1.54) is 11.3 Å². The van der Waals surface area contributed by atoms with Gasteiger partial charge in [-0.3, -0.25) is 14.7 Å². The monoisotopic (exact) mass is 345 g/mol. The molecule has 2 heterocycles. The molecule has 0 N–H and O–H groups in total. The Kier molecular flexibility index (Phi) is 3.49. The van der Waals surface area contributed by atoms with Gasteiger partial charge in [-0.2, -0.15) is 0 Å². The third-order valence-corrected chi connectivity index (χ3v) is 3.72. The normalized spacial score (nSPS) is 10.1. The Labute approximate surface area is 110 Å². The average Bonchev–Trinajstić information content (AvgIpc) is 2.81. The standard InChI is InChI=1S/C10H8IN3OS/c1-14(10-13-4-5-16-10)9(15)7-2-3-12-6-8(7)11/h2-6H,1H3. The summed E-state index contributed by atoms with van der Waals surface area (Å²) in [4.78, 5) is 21.7. The summed E-state index contributed by atoms with van der Waals surface area (Å²) in [7, 11) is 1.72. The van der Waals surface area contributed by atoms with E-state index in [9.17, 15) is 4.79 Å². The molecular formula is C10H8IN3OS. The summed E-state index contributed by atoms with van der Waals surface area (Å²) in [6.07, 6.45) is 4.97. The number of carbonyl (C=O) groups excluding carboxylic acids is 1. The molecule has 0 aliphatic heterocycles. The van der Waals surface area contributed by atoms with Gasteiger partial charge in [-0.25, -0.2) is 4.98 Å². The van der Waals surface area contributed by atoms with Crippen LogP contribution >= 0.6 is 33.9 Å². The minimum atomic E-state index is -0.0678. The van der Waals surface area contributed by atoms with Gasteiger partial charge in [0.2, 0.25) is 0 Å². The molecule has 2 aromatic heterocycles. The molecule has 0 saturated carbocycles. The molecule has 0 radical (unpaired) electrons. The molecule has 0 bridgehead atoms. The first-order valence-corrected chi connectivity index (χ1v) is 6.43. The quantitative estimate of drug-likeness (QED) is 0.786. The zero-order valence-corrected chi connectivity index (χ0v) is 11.4. The summed E-state index contributed by atoms with van der Waals surface area (Å²) in [5, 5.41) is 2.54. The van der Waals surface area contributed by atoms with Gasteiger partial charge in [0.15, 0.2) is 5.13 Å². The minimum Gasteiger partial charge on any atom is -0.287 e. The Morgan fingerprint density at radius 2 is 2.31 bits per heavy atom. The van der Waals surface area contributed by atoms with Gasteiger partial charge in [-0.15, -0.1) is 11.3 Å². The summed E-state index contributed by atoms with van der Waals surface area (Å²) >= 11 is 3.54. The van der Waals surface area contributed by atoms with Crippen LogP contribution in [0.5, 0.6) is 0 Å². The Hall–Kier alpha value is -1.02. The molecule has 2 aromatic rings. The number of thiazole rings is 1. The first kappa shape index (κ1) is 11.5. The van der Waals surface area contributed by atoms with Crippen molar-refractivity contribution in [1.29, 1.82) is 0 Å². The molecule has 0 saturated heterocycles. The molecule has 82 valence electrons. The zero-order valence-electron chi connectivity index (χ0n) is 8.42. The molecule has 2 rings (SSSR count). The van der Waals surface area contributed by atoms with Crippen molar-refractivity contribution in [2.75, 3.05) is 11.9 Å². The van der Waals surface area contributed by atoms with E-state index in [1.807, 2.05) is 5.38 Å². The van der Waals surface area contributed by atoms with Gasteiger partial charge < -0.3 is 0 Å². The molecular weight excluding hydrogens is 337 g/mol. The van der Waals surface area contributed by atoms with Crippen molar-refractivity contribution < 1.29 is 4.79 Å². The first-order valence-electron chi connectivity index (χ1n) is 4.47. The lowest BCUT2D eigenvalue weighted by atomic mass is 10.2. The maximum atomic E-state index is 12.1. The average molecular weight is 345 g/mol. The van der Waals surface area contributed by atoms with E-state index < -0.39 is 0 Å². The third kappa shape index (κ3) is 2.22. The second kappa shape index (κ2) is 4.88. The Balaban J connectivity index is 2.30. The lowest BCUT2D eigenvalue weighted by molar-refractivity contribution is 0.0992. The first-order chi connectivity index (χ1) is 7.70. The number of halogens is 1. The van der Waals surface area contributed by atoms with Gasteiger partial charge >= 0.3 is 0 Å². The molecule has 0 spiro atoms. The van der Waals surface area contributed by atoms with E-state index in [0.717, 1.165) is 3.57 Å². The second-order valence-corrected chi connectivity index (χ2v) is 5.07. The van der Waals surface area contributed by atoms with Gasteiger partial charge in [0.25, 0.3) is 5.91 Å². The van der Waals surface area contributed by atoms with Crippen molar-refractivity contribution in [2.24, 2.45) is 0 Å². The Bertz CT molecular complexity index is 501. The fourth-order valence-electron chi connectivity index (χ4n) is 1.20. The van der Waals surface area contributed by atoms with Crippen molar-refractivity contribution in [3.63, 3.8) is 0 Å². The number of carbonyl (C=O) groups is 1. The summed E-state index contributed by atoms with van der Waals surface area (Å²) in [6.45, 7) is 0. The number of amides is 1. The minimum absolute atomic E-state index is 0.0678. The third-order valence-electron chi connectivity index (χ3n) is 2.01. The molecule has 4 nitrogen and oxygen atoms in total. The van der Waals surface area contributed by atoms with Crippen LogP contribution in [0.15, 0.2) is 30.0 Å². The van der Waals surface area contributed by atoms with Crippen molar-refractivity contribution in [1.82, 2.24) is 9.97 Å². The van der Waals surface area contributed by atoms with Crippen LogP contribution in [0.3, 0.4) is 0 Å². The van der Waals surface area contributed by atoms with Crippen LogP contribution in [0.4, 0.5) is 5.13 Å². The number of pyridine rings is 1. The molecule has 0 fully saturated rings. The smallest absolute Gasteiger partial charge is 0.260 e. The highest BCUT2D eigenvalue weighted by molar-refractivity contribution is 14.1. The molecule has 0 aliphatic carbocycles. The molecule has 0 unspecified atom stereocenters. The Morgan fingerprint density at radius 1 is 1.50 bits per heavy atom. The van der Waals surface area contributed by atoms with Crippen molar-refractivity contribution >= 4 is 45.0 Å². The maximum Gasteiger partial charge on any atom is 0.260 e. The summed E-state index contributed by atoms with van der Waals surface area (Å²) in [5.74, 6) is -0.0678. The number of hydrogen-bond acceptors (Lipinski definition) is 4. The predicted molar refractivity (Wildman–Crippen MR) is 71.8 cm³/mol. The molecule has 0 aliphatic rings. The van der Waals surface area contributed by atoms with Crippen molar-refractivity contribution in [3.05, 3.63) is 39.2 Å². The van der Waals surface area contributed by atoms with Gasteiger partial charge in [0, 0.05) is 34.6 Å². The lowest BCUT2D eigenvalue weighted by Crippen LogP contribution is -2.26. The Morgan fingerprint density at radius 3 is 2.94 bits per heavy atom. The second-order valence-electron chi connectivity index (χ2n) is 3.03. The van der Waals surface area contributed by atoms with Crippen molar-refractivity contribution in [2.45, 2.75) is 0 Å². The SMILES string of the molecule is CN(C(=O)c1ccncc1I)c1nccs1. The van der Waals surface area contributed by atoms with E-state index in [1.54, 1.807) is 36.6 Å². The van der Waals surface area contributed by atoms with E-state index in [-0.39, 0.29) is 5.91 Å². The lowest BCUT2D eigenvalue weighted by Gasteiger charge is -2.14. The van der Waals surface area contributed by atoms with Crippen LogP contribution in [-0.4, -0.2) is 22.9 Å². The largest absolute Gasteiger partial charge is 0.287 e. The molecule has 1 amide bonds. The highest BCUT2D eigenvalue weighted by Gasteiger charge is 2.17. The van der Waals surface area contributed by atoms with Crippen LogP contribution in [0.2, 0.25) is 0 Å². The number of rotatable bonds is 2. The van der Waals surface area contributed by atoms with Crippen LogP contribution < -0.4 is 4.90 Å². The highest BCUT2D eigenvalue weighted by Crippen LogP contribution is 2.19. The van der Waals surface area contributed by atoms with Crippen LogP contribution in [0.25, 0.3) is 0 Å². The fraction of sp³-hybridized carbons (Fsp3) is 0.100. The zero-order chi connectivity index (χ0) is 11.5. The maximum absolute atomic E-state index is 12.1. The molecule has 16 heavy (non-hydrogen) atoms. The molecule has 0 atom stereocenters. The van der Waals surface area contributed by atoms with Gasteiger partial charge in [-0.1, -0.05) is 0 Å². The molecule has 0 aromatic carbocycles. The van der Waals surface area contributed by atoms with E-state index >= 15 is 0 Å². The topological polar surface area (TPSA) is 46.1 Å². The van der Waals surface area contributed by atoms with E-state index in [2.05, 4.69) is 32.6 Å². The number of hydrogen-bond donors (Lipinski definition) is 0. The van der Waals surface area contributed by atoms with Crippen LogP contribution in [0.1, 0.15) is 10.4 Å². The van der Waals surface area contributed by atoms with Crippen molar-refractivity contribution in [3.8, 4) is 0 Å². The van der Waals surface area contributed by atoms with Gasteiger partial charge in [0.05, 0.1) is 5.56 Å². The summed E-state index contributed by atoms with van der Waals surface area (Å²) < 4.78 is 0.841.